The number of ether oxygens (including phenoxy) is 6. The van der Waals surface area contributed by atoms with E-state index in [4.69, 9.17) is 40.0 Å². The predicted molar refractivity (Wildman–Crippen MR) is 169 cm³/mol. The molecule has 0 saturated carbocycles. The largest absolute Gasteiger partial charge is 0.494 e. The first-order valence-electron chi connectivity index (χ1n) is 16.2. The van der Waals surface area contributed by atoms with Crippen molar-refractivity contribution >= 4 is 11.6 Å². The van der Waals surface area contributed by atoms with Gasteiger partial charge in [0.2, 0.25) is 5.79 Å². The van der Waals surface area contributed by atoms with Crippen LogP contribution in [0.3, 0.4) is 0 Å². The maximum Gasteiger partial charge on any atom is 0.225 e. The Hall–Kier alpha value is -1.71. The Kier molecular flexibility index (Phi) is 12.7. The third-order valence-electron chi connectivity index (χ3n) is 8.49. The van der Waals surface area contributed by atoms with E-state index in [1.165, 1.54) is 0 Å². The summed E-state index contributed by atoms with van der Waals surface area (Å²) >= 11 is 6.77. The van der Waals surface area contributed by atoms with Gasteiger partial charge in [0, 0.05) is 30.4 Å². The summed E-state index contributed by atoms with van der Waals surface area (Å²) in [5.41, 5.74) is 1.72. The normalized spacial score (nSPS) is 27.4. The van der Waals surface area contributed by atoms with Crippen molar-refractivity contribution in [2.45, 2.75) is 115 Å². The number of halogens is 1. The summed E-state index contributed by atoms with van der Waals surface area (Å²) < 4.78 is 39.1. The number of rotatable bonds is 18. The number of hydrogen-bond acceptors (Lipinski definition) is 7. The van der Waals surface area contributed by atoms with Crippen LogP contribution in [0.1, 0.15) is 89.8 Å². The zero-order valence-corrected chi connectivity index (χ0v) is 27.4. The highest BCUT2D eigenvalue weighted by Crippen LogP contribution is 2.54. The lowest BCUT2D eigenvalue weighted by atomic mass is 9.80. The van der Waals surface area contributed by atoms with E-state index >= 15 is 0 Å². The van der Waals surface area contributed by atoms with Gasteiger partial charge in [-0.15, -0.1) is 0 Å². The minimum Gasteiger partial charge on any atom is -0.494 e. The minimum atomic E-state index is -1.30. The highest BCUT2D eigenvalue weighted by molar-refractivity contribution is 6.31. The lowest BCUT2D eigenvalue weighted by Gasteiger charge is -2.52. The van der Waals surface area contributed by atoms with Crippen molar-refractivity contribution in [1.29, 1.82) is 0 Å². The first-order valence-corrected chi connectivity index (χ1v) is 16.6. The van der Waals surface area contributed by atoms with Crippen LogP contribution in [0.25, 0.3) is 0 Å². The van der Waals surface area contributed by atoms with Crippen molar-refractivity contribution in [2.75, 3.05) is 33.0 Å². The molecule has 8 heteroatoms. The predicted octanol–water partition coefficient (Wildman–Crippen LogP) is 7.22. The second kappa shape index (κ2) is 16.0. The summed E-state index contributed by atoms with van der Waals surface area (Å²) in [4.78, 5) is 0. The molecule has 0 spiro atoms. The van der Waals surface area contributed by atoms with Crippen molar-refractivity contribution in [2.24, 2.45) is 0 Å². The van der Waals surface area contributed by atoms with E-state index in [2.05, 4.69) is 39.0 Å². The number of hydrogen-bond donors (Lipinski definition) is 1. The van der Waals surface area contributed by atoms with Gasteiger partial charge in [0.25, 0.3) is 0 Å². The Morgan fingerprint density at radius 1 is 0.884 bits per heavy atom. The number of benzene rings is 2. The Morgan fingerprint density at radius 2 is 1.51 bits per heavy atom. The van der Waals surface area contributed by atoms with Crippen LogP contribution in [0.4, 0.5) is 0 Å². The fourth-order valence-electron chi connectivity index (χ4n) is 5.95. The topological polar surface area (TPSA) is 75.6 Å². The summed E-state index contributed by atoms with van der Waals surface area (Å²) in [5, 5.41) is 11.9. The van der Waals surface area contributed by atoms with E-state index in [1.807, 2.05) is 31.2 Å². The van der Waals surface area contributed by atoms with Gasteiger partial charge >= 0.3 is 0 Å². The molecular weight excluding hydrogens is 568 g/mol. The molecule has 4 rings (SSSR count). The highest BCUT2D eigenvalue weighted by atomic mass is 35.5. The van der Waals surface area contributed by atoms with Crippen molar-refractivity contribution in [3.63, 3.8) is 0 Å². The van der Waals surface area contributed by atoms with Crippen LogP contribution in [0.15, 0.2) is 42.5 Å². The lowest BCUT2D eigenvalue weighted by molar-refractivity contribution is -0.355. The number of aliphatic hydroxyl groups excluding tert-OH is 1. The van der Waals surface area contributed by atoms with E-state index in [9.17, 15) is 5.11 Å². The maximum atomic E-state index is 11.3. The summed E-state index contributed by atoms with van der Waals surface area (Å²) in [6.07, 6.45) is 3.75. The van der Waals surface area contributed by atoms with Crippen LogP contribution in [0.2, 0.25) is 5.02 Å². The zero-order valence-electron chi connectivity index (χ0n) is 26.6. The summed E-state index contributed by atoms with van der Waals surface area (Å²) in [7, 11) is 0. The molecule has 1 unspecified atom stereocenters. The standard InChI is InChI=1S/C35H51ClO7/c1-6-10-19-39-31-32(40-20-11-7-2)34(25(5)37)24-42-35(43-34,33(31)41-21-12-8-3)28-15-18-30(36)27(23-28)22-26-13-16-29(17-14-26)38-9-4/h13-18,23,25,31-33,37H,6-12,19-22,24H2,1-5H3/t25?,31-,32-,33+,34+,35-/m0/s1. The Balaban J connectivity index is 1.76. The minimum absolute atomic E-state index is 0.152. The van der Waals surface area contributed by atoms with E-state index in [-0.39, 0.29) is 6.61 Å². The molecule has 0 radical (unpaired) electrons. The number of aliphatic hydroxyl groups is 1. The summed E-state index contributed by atoms with van der Waals surface area (Å²) in [6.45, 7) is 12.5. The molecule has 43 heavy (non-hydrogen) atoms. The van der Waals surface area contributed by atoms with E-state index in [1.54, 1.807) is 6.92 Å². The van der Waals surface area contributed by atoms with Crippen LogP contribution in [0, 0.1) is 0 Å². The van der Waals surface area contributed by atoms with Crippen molar-refractivity contribution < 1.29 is 33.5 Å². The second-order valence-electron chi connectivity index (χ2n) is 11.7. The molecule has 6 atom stereocenters. The second-order valence-corrected chi connectivity index (χ2v) is 12.1. The lowest BCUT2D eigenvalue weighted by Crippen LogP contribution is -2.69. The molecule has 1 N–H and O–H groups in total. The fraction of sp³-hybridized carbons (Fsp3) is 0.657. The SMILES string of the molecule is CCCCO[C@@H]1[C@@H](OCCCC)[C@@]2(c3ccc(Cl)c(Cc4ccc(OCC)cc4)c3)OC[C@](C(C)O)(O2)[C@H]1OCCCC. The molecule has 2 aliphatic rings. The average molecular weight is 619 g/mol. The third-order valence-corrected chi connectivity index (χ3v) is 8.86. The zero-order chi connectivity index (χ0) is 30.9. The molecule has 0 aliphatic carbocycles. The highest BCUT2D eigenvalue weighted by Gasteiger charge is 2.70. The van der Waals surface area contributed by atoms with Crippen LogP contribution in [-0.4, -0.2) is 68.2 Å². The quantitative estimate of drug-likeness (QED) is 0.177. The summed E-state index contributed by atoms with van der Waals surface area (Å²) in [5.74, 6) is -0.462. The number of unbranched alkanes of at least 4 members (excludes halogenated alkanes) is 3. The van der Waals surface area contributed by atoms with Gasteiger partial charge in [-0.1, -0.05) is 69.8 Å². The molecular formula is C35H51ClO7. The Bertz CT molecular complexity index is 1130. The van der Waals surface area contributed by atoms with Crippen molar-refractivity contribution in [3.05, 3.63) is 64.2 Å². The van der Waals surface area contributed by atoms with E-state index in [0.29, 0.717) is 37.9 Å². The molecule has 2 fully saturated rings. The van der Waals surface area contributed by atoms with Gasteiger partial charge in [-0.05, 0) is 74.9 Å². The molecule has 0 amide bonds. The average Bonchev–Trinajstić information content (AvgIpc) is 3.37. The third kappa shape index (κ3) is 7.58. The van der Waals surface area contributed by atoms with Crippen molar-refractivity contribution in [3.8, 4) is 5.75 Å². The van der Waals surface area contributed by atoms with Gasteiger partial charge in [-0.25, -0.2) is 0 Å². The Labute approximate surface area is 263 Å². The molecule has 2 saturated heterocycles. The maximum absolute atomic E-state index is 11.3. The van der Waals surface area contributed by atoms with Gasteiger partial charge in [0.05, 0.1) is 19.3 Å². The van der Waals surface area contributed by atoms with Gasteiger partial charge < -0.3 is 33.5 Å². The van der Waals surface area contributed by atoms with E-state index in [0.717, 1.165) is 61.0 Å². The smallest absolute Gasteiger partial charge is 0.225 e. The molecule has 2 aromatic rings. The van der Waals surface area contributed by atoms with Gasteiger partial charge in [-0.3, -0.25) is 0 Å². The number of fused-ring (bicyclic) bond motifs is 2. The van der Waals surface area contributed by atoms with Gasteiger partial charge in [-0.2, -0.15) is 0 Å². The van der Waals surface area contributed by atoms with Crippen LogP contribution in [0.5, 0.6) is 5.75 Å². The van der Waals surface area contributed by atoms with Crippen molar-refractivity contribution in [1.82, 2.24) is 0 Å². The van der Waals surface area contributed by atoms with E-state index < -0.39 is 35.8 Å². The molecule has 2 bridgehead atoms. The van der Waals surface area contributed by atoms with Crippen LogP contribution in [-0.2, 0) is 35.9 Å². The molecule has 7 nitrogen and oxygen atoms in total. The Morgan fingerprint density at radius 3 is 2.12 bits per heavy atom. The summed E-state index contributed by atoms with van der Waals surface area (Å²) in [6, 6.07) is 14.0. The monoisotopic (exact) mass is 618 g/mol. The van der Waals surface area contributed by atoms with Gasteiger partial charge in [0.15, 0.2) is 0 Å². The first kappa shape index (κ1) is 34.2. The van der Waals surface area contributed by atoms with Gasteiger partial charge in [0.1, 0.15) is 29.7 Å². The molecule has 240 valence electrons. The fourth-order valence-corrected chi connectivity index (χ4v) is 6.13. The molecule has 2 heterocycles. The molecule has 2 aromatic carbocycles. The molecule has 2 aliphatic heterocycles. The van der Waals surface area contributed by atoms with Crippen LogP contribution < -0.4 is 4.74 Å². The first-order chi connectivity index (χ1) is 20.8. The van der Waals surface area contributed by atoms with Crippen LogP contribution >= 0.6 is 11.6 Å². The molecule has 0 aromatic heterocycles.